The molecule has 7 nitrogen and oxygen atoms in total. The molecule has 170 valence electrons. The largest absolute Gasteiger partial charge is 0.480 e. The van der Waals surface area contributed by atoms with E-state index in [1.54, 1.807) is 0 Å². The highest BCUT2D eigenvalue weighted by Gasteiger charge is 2.73. The molecule has 1 aliphatic rings. The standard InChI is InChI=1S/C19H14F4N2O5S2/c1-17(10-4-2-3-5-11(10)20)9-18(17,16(26)27)25-32(28,29)15-7-6-13(31-15)12-8-14(30-24-12)19(21,22)23/h2-8,25H,9H2,1H3,(H,26,27). The fourth-order valence-corrected chi connectivity index (χ4v) is 6.34. The first-order valence-electron chi connectivity index (χ1n) is 8.97. The van der Waals surface area contributed by atoms with Gasteiger partial charge in [-0.2, -0.15) is 17.9 Å². The molecule has 2 aromatic heterocycles. The number of carboxylic acids is 1. The van der Waals surface area contributed by atoms with Gasteiger partial charge in [-0.3, -0.25) is 4.79 Å². The predicted molar refractivity (Wildman–Crippen MR) is 104 cm³/mol. The average molecular weight is 490 g/mol. The molecule has 0 aliphatic heterocycles. The predicted octanol–water partition coefficient (Wildman–Crippen LogP) is 4.02. The lowest BCUT2D eigenvalue weighted by molar-refractivity contribution is -0.155. The van der Waals surface area contributed by atoms with E-state index in [0.717, 1.165) is 12.1 Å². The summed E-state index contributed by atoms with van der Waals surface area (Å²) in [5.41, 5.74) is -3.50. The van der Waals surface area contributed by atoms with Crippen molar-refractivity contribution < 1.29 is 40.4 Å². The Kier molecular flexibility index (Phi) is 4.99. The van der Waals surface area contributed by atoms with E-state index in [-0.39, 0.29) is 26.8 Å². The van der Waals surface area contributed by atoms with Crippen molar-refractivity contribution in [3.63, 3.8) is 0 Å². The minimum Gasteiger partial charge on any atom is -0.480 e. The number of thiophene rings is 1. The SMILES string of the molecule is CC1(c2ccccc2F)CC1(NS(=O)(=O)c1ccc(-c2cc(C(F)(F)F)on2)s1)C(=O)O. The van der Waals surface area contributed by atoms with Crippen LogP contribution in [0.25, 0.3) is 10.6 Å². The quantitative estimate of drug-likeness (QED) is 0.505. The summed E-state index contributed by atoms with van der Waals surface area (Å²) >= 11 is 0.589. The monoisotopic (exact) mass is 490 g/mol. The summed E-state index contributed by atoms with van der Waals surface area (Å²) in [4.78, 5) is 12.1. The zero-order chi connectivity index (χ0) is 23.5. The van der Waals surface area contributed by atoms with E-state index in [0.29, 0.717) is 17.4 Å². The lowest BCUT2D eigenvalue weighted by atomic mass is 9.92. The van der Waals surface area contributed by atoms with E-state index in [2.05, 4.69) is 14.4 Å². The minimum atomic E-state index is -4.75. The van der Waals surface area contributed by atoms with Gasteiger partial charge in [0.2, 0.25) is 5.76 Å². The van der Waals surface area contributed by atoms with Gasteiger partial charge in [0.1, 0.15) is 21.3 Å². The molecule has 2 atom stereocenters. The van der Waals surface area contributed by atoms with Crippen LogP contribution in [-0.2, 0) is 26.4 Å². The summed E-state index contributed by atoms with van der Waals surface area (Å²) in [5.74, 6) is -3.48. The molecule has 0 saturated heterocycles. The van der Waals surface area contributed by atoms with Gasteiger partial charge in [0.05, 0.1) is 4.88 Å². The number of hydrogen-bond donors (Lipinski definition) is 2. The Bertz CT molecular complexity index is 1320. The number of nitrogens with zero attached hydrogens (tertiary/aromatic N) is 1. The summed E-state index contributed by atoms with van der Waals surface area (Å²) in [6, 6.07) is 8.46. The molecule has 1 aliphatic carbocycles. The molecule has 1 aromatic carbocycles. The number of rotatable bonds is 6. The third-order valence-corrected chi connectivity index (χ3v) is 8.56. The maximum Gasteiger partial charge on any atom is 0.452 e. The molecule has 0 radical (unpaired) electrons. The van der Waals surface area contributed by atoms with Gasteiger partial charge in [-0.1, -0.05) is 30.3 Å². The third kappa shape index (κ3) is 3.49. The molecule has 2 heterocycles. The van der Waals surface area contributed by atoms with Crippen LogP contribution in [0.5, 0.6) is 0 Å². The van der Waals surface area contributed by atoms with Crippen LogP contribution in [0.1, 0.15) is 24.7 Å². The first-order valence-corrected chi connectivity index (χ1v) is 11.3. The van der Waals surface area contributed by atoms with Crippen LogP contribution >= 0.6 is 11.3 Å². The highest BCUT2D eigenvalue weighted by molar-refractivity contribution is 7.91. The number of halogens is 4. The van der Waals surface area contributed by atoms with Crippen LogP contribution in [-0.4, -0.2) is 30.2 Å². The molecule has 2 unspecified atom stereocenters. The molecule has 0 spiro atoms. The molecular formula is C19H14F4N2O5S2. The fourth-order valence-electron chi connectivity index (χ4n) is 3.63. The summed E-state index contributed by atoms with van der Waals surface area (Å²) < 4.78 is 84.3. The summed E-state index contributed by atoms with van der Waals surface area (Å²) in [7, 11) is -4.42. The molecule has 2 N–H and O–H groups in total. The van der Waals surface area contributed by atoms with Crippen LogP contribution in [0.15, 0.2) is 51.2 Å². The Morgan fingerprint density at radius 2 is 1.94 bits per heavy atom. The van der Waals surface area contributed by atoms with E-state index in [9.17, 15) is 35.9 Å². The normalized spacial score (nSPS) is 23.3. The van der Waals surface area contributed by atoms with Crippen molar-refractivity contribution in [2.24, 2.45) is 0 Å². The van der Waals surface area contributed by atoms with Crippen LogP contribution in [0.4, 0.5) is 17.6 Å². The highest BCUT2D eigenvalue weighted by atomic mass is 32.2. The maximum atomic E-state index is 14.3. The van der Waals surface area contributed by atoms with Gasteiger partial charge in [-0.15, -0.1) is 11.3 Å². The third-order valence-electron chi connectivity index (χ3n) is 5.47. The second-order valence-electron chi connectivity index (χ2n) is 7.50. The first kappa shape index (κ1) is 22.4. The summed E-state index contributed by atoms with van der Waals surface area (Å²) in [6.45, 7) is 1.44. The van der Waals surface area contributed by atoms with E-state index < -0.39 is 44.7 Å². The zero-order valence-corrected chi connectivity index (χ0v) is 17.7. The smallest absolute Gasteiger partial charge is 0.452 e. The first-order chi connectivity index (χ1) is 14.8. The molecule has 0 bridgehead atoms. The van der Waals surface area contributed by atoms with Gasteiger partial charge >= 0.3 is 12.1 Å². The highest BCUT2D eigenvalue weighted by Crippen LogP contribution is 2.58. The van der Waals surface area contributed by atoms with Crippen LogP contribution in [0.3, 0.4) is 0 Å². The zero-order valence-electron chi connectivity index (χ0n) is 16.1. The minimum absolute atomic E-state index is 0.0549. The van der Waals surface area contributed by atoms with Crippen molar-refractivity contribution in [2.45, 2.75) is 34.7 Å². The number of alkyl halides is 3. The van der Waals surface area contributed by atoms with E-state index in [1.165, 1.54) is 31.2 Å². The summed E-state index contributed by atoms with van der Waals surface area (Å²) in [6.07, 6.45) is -4.94. The van der Waals surface area contributed by atoms with E-state index in [4.69, 9.17) is 0 Å². The number of hydrogen-bond acceptors (Lipinski definition) is 6. The number of aromatic nitrogens is 1. The van der Waals surface area contributed by atoms with Gasteiger partial charge in [0.15, 0.2) is 0 Å². The second kappa shape index (κ2) is 7.12. The van der Waals surface area contributed by atoms with Crippen LogP contribution < -0.4 is 4.72 Å². The lowest BCUT2D eigenvalue weighted by Crippen LogP contribution is -2.48. The van der Waals surface area contributed by atoms with Gasteiger partial charge < -0.3 is 9.63 Å². The van der Waals surface area contributed by atoms with Crippen LogP contribution in [0.2, 0.25) is 0 Å². The Morgan fingerprint density at radius 3 is 2.53 bits per heavy atom. The number of carbonyl (C=O) groups is 1. The Morgan fingerprint density at radius 1 is 1.25 bits per heavy atom. The van der Waals surface area contributed by atoms with Crippen molar-refractivity contribution in [3.05, 3.63) is 59.6 Å². The molecule has 0 amide bonds. The molecular weight excluding hydrogens is 476 g/mol. The second-order valence-corrected chi connectivity index (χ2v) is 10.5. The number of nitrogens with one attached hydrogen (secondary N) is 1. The molecule has 3 aromatic rings. The molecule has 4 rings (SSSR count). The van der Waals surface area contributed by atoms with Crippen molar-refractivity contribution in [1.82, 2.24) is 9.88 Å². The van der Waals surface area contributed by atoms with E-state index >= 15 is 0 Å². The number of aliphatic carboxylic acids is 1. The number of carboxylic acid groups (broad SMARTS) is 1. The molecule has 13 heteroatoms. The average Bonchev–Trinajstić information content (AvgIpc) is 3.13. The number of sulfonamides is 1. The van der Waals surface area contributed by atoms with Gasteiger partial charge in [-0.25, -0.2) is 12.8 Å². The van der Waals surface area contributed by atoms with Gasteiger partial charge in [0.25, 0.3) is 10.0 Å². The topological polar surface area (TPSA) is 110 Å². The van der Waals surface area contributed by atoms with Gasteiger partial charge in [0, 0.05) is 11.5 Å². The van der Waals surface area contributed by atoms with E-state index in [1.807, 2.05) is 0 Å². The number of benzene rings is 1. The fraction of sp³-hybridized carbons (Fsp3) is 0.263. The summed E-state index contributed by atoms with van der Waals surface area (Å²) in [5, 5.41) is 13.1. The van der Waals surface area contributed by atoms with Crippen LogP contribution in [0, 0.1) is 5.82 Å². The Labute approximate surface area is 182 Å². The molecule has 1 saturated carbocycles. The van der Waals surface area contributed by atoms with Crippen molar-refractivity contribution in [1.29, 1.82) is 0 Å². The van der Waals surface area contributed by atoms with Crippen molar-refractivity contribution in [3.8, 4) is 10.6 Å². The van der Waals surface area contributed by atoms with Crippen molar-refractivity contribution >= 4 is 27.3 Å². The maximum absolute atomic E-state index is 14.3. The Hall–Kier alpha value is -2.77. The molecule has 1 fully saturated rings. The van der Waals surface area contributed by atoms with Gasteiger partial charge in [-0.05, 0) is 30.2 Å². The Balaban J connectivity index is 1.64. The lowest BCUT2D eigenvalue weighted by Gasteiger charge is -2.21. The molecule has 32 heavy (non-hydrogen) atoms. The van der Waals surface area contributed by atoms with Crippen molar-refractivity contribution in [2.75, 3.05) is 0 Å².